The van der Waals surface area contributed by atoms with Crippen molar-refractivity contribution in [2.45, 2.75) is 56.5 Å². The molecule has 15 heteroatoms. The van der Waals surface area contributed by atoms with E-state index in [0.717, 1.165) is 0 Å². The van der Waals surface area contributed by atoms with Gasteiger partial charge in [-0.1, -0.05) is 0 Å². The predicted molar refractivity (Wildman–Crippen MR) is 118 cm³/mol. The van der Waals surface area contributed by atoms with Gasteiger partial charge in [0, 0.05) is 30.5 Å². The fourth-order valence-corrected chi connectivity index (χ4v) is 2.85. The Morgan fingerprint density at radius 3 is 2.15 bits per heavy atom. The quantitative estimate of drug-likeness (QED) is 0.117. The molecule has 0 saturated carbocycles. The van der Waals surface area contributed by atoms with Crippen molar-refractivity contribution in [1.82, 2.24) is 25.9 Å². The number of H-pyrrole nitrogens is 1. The van der Waals surface area contributed by atoms with Crippen molar-refractivity contribution in [3.05, 3.63) is 18.2 Å². The Morgan fingerprint density at radius 1 is 1.09 bits per heavy atom. The zero-order chi connectivity index (χ0) is 25.1. The van der Waals surface area contributed by atoms with Gasteiger partial charge in [-0.3, -0.25) is 19.2 Å². The van der Waals surface area contributed by atoms with Crippen molar-refractivity contribution in [2.24, 2.45) is 11.5 Å². The number of aliphatic carboxylic acids is 1. The number of carbonyl (C=O) groups is 5. The number of rotatable bonds is 14. The molecular weight excluding hydrogens is 458 g/mol. The van der Waals surface area contributed by atoms with Crippen LogP contribution in [0.25, 0.3) is 0 Å². The number of hydrogen-bond acceptors (Lipinski definition) is 9. The standard InChI is InChI=1S/C18H29N7O7S/c1-8(26)14(20)17(30)25-12(6-33)16(29)24-11(4-9-5-21-7-22-9)15(28)23-10(18(31)32)2-3-13(19)27/h5,7-8,10-12,14,26,33H,2-4,6,20H2,1H3,(H2,19,27)(H,21,22)(H,23,28)(H,24,29)(H,25,30)(H,31,32). The van der Waals surface area contributed by atoms with Crippen molar-refractivity contribution in [2.75, 3.05) is 5.75 Å². The lowest BCUT2D eigenvalue weighted by Gasteiger charge is -2.24. The third kappa shape index (κ3) is 9.46. The molecule has 4 amide bonds. The number of imidazole rings is 1. The number of aliphatic hydroxyl groups excluding tert-OH is 1. The van der Waals surface area contributed by atoms with Gasteiger partial charge in [-0.2, -0.15) is 12.6 Å². The number of aliphatic hydroxyl groups is 1. The fourth-order valence-electron chi connectivity index (χ4n) is 2.60. The lowest BCUT2D eigenvalue weighted by Crippen LogP contribution is -2.59. The van der Waals surface area contributed by atoms with Crippen LogP contribution in [0, 0.1) is 0 Å². The summed E-state index contributed by atoms with van der Waals surface area (Å²) in [5.74, 6) is -4.71. The summed E-state index contributed by atoms with van der Waals surface area (Å²) in [6.45, 7) is 1.31. The van der Waals surface area contributed by atoms with E-state index in [4.69, 9.17) is 11.5 Å². The first kappa shape index (κ1) is 27.9. The molecule has 1 heterocycles. The molecule has 14 nitrogen and oxygen atoms in total. The molecule has 5 atom stereocenters. The summed E-state index contributed by atoms with van der Waals surface area (Å²) in [7, 11) is 0. The first-order valence-electron chi connectivity index (χ1n) is 9.90. The predicted octanol–water partition coefficient (Wildman–Crippen LogP) is -3.61. The molecule has 1 aromatic heterocycles. The number of aromatic nitrogens is 2. The minimum atomic E-state index is -1.42. The molecule has 1 aromatic rings. The van der Waals surface area contributed by atoms with Crippen molar-refractivity contribution in [3.63, 3.8) is 0 Å². The van der Waals surface area contributed by atoms with Crippen LogP contribution in [-0.2, 0) is 30.4 Å². The van der Waals surface area contributed by atoms with Gasteiger partial charge in [0.25, 0.3) is 0 Å². The Labute approximate surface area is 194 Å². The van der Waals surface area contributed by atoms with Crippen molar-refractivity contribution in [1.29, 1.82) is 0 Å². The Hall–Kier alpha value is -3.17. The third-order valence-electron chi connectivity index (χ3n) is 4.54. The van der Waals surface area contributed by atoms with E-state index < -0.39 is 59.9 Å². The molecule has 0 saturated heterocycles. The van der Waals surface area contributed by atoms with Crippen LogP contribution in [0.1, 0.15) is 25.5 Å². The van der Waals surface area contributed by atoms with Gasteiger partial charge in [0.15, 0.2) is 0 Å². The number of nitrogens with one attached hydrogen (secondary N) is 4. The highest BCUT2D eigenvalue weighted by molar-refractivity contribution is 7.80. The molecule has 0 aliphatic carbocycles. The normalized spacial score (nSPS) is 15.4. The number of carbonyl (C=O) groups excluding carboxylic acids is 4. The second kappa shape index (κ2) is 13.4. The number of nitrogens with zero attached hydrogens (tertiary/aromatic N) is 1. The number of carboxylic acid groups (broad SMARTS) is 1. The zero-order valence-corrected chi connectivity index (χ0v) is 18.7. The smallest absolute Gasteiger partial charge is 0.326 e. The third-order valence-corrected chi connectivity index (χ3v) is 4.91. The largest absolute Gasteiger partial charge is 0.480 e. The second-order valence-corrected chi connectivity index (χ2v) is 7.62. The minimum Gasteiger partial charge on any atom is -0.480 e. The summed E-state index contributed by atoms with van der Waals surface area (Å²) >= 11 is 4.03. The fraction of sp³-hybridized carbons (Fsp3) is 0.556. The van der Waals surface area contributed by atoms with E-state index in [-0.39, 0.29) is 25.0 Å². The van der Waals surface area contributed by atoms with Crippen molar-refractivity contribution < 1.29 is 34.2 Å². The van der Waals surface area contributed by atoms with Gasteiger partial charge in [0.2, 0.25) is 23.6 Å². The summed E-state index contributed by atoms with van der Waals surface area (Å²) in [5, 5.41) is 25.8. The highest BCUT2D eigenvalue weighted by Gasteiger charge is 2.31. The Balaban J connectivity index is 2.97. The Kier molecular flexibility index (Phi) is 11.3. The molecule has 0 aliphatic rings. The summed E-state index contributed by atoms with van der Waals surface area (Å²) in [4.78, 5) is 66.6. The van der Waals surface area contributed by atoms with Crippen molar-refractivity contribution in [3.8, 4) is 0 Å². The number of thiol groups is 1. The molecule has 33 heavy (non-hydrogen) atoms. The SMILES string of the molecule is CC(O)C(N)C(=O)NC(CS)C(=O)NC(Cc1cnc[nH]1)C(=O)NC(CCC(N)=O)C(=O)O. The second-order valence-electron chi connectivity index (χ2n) is 7.26. The topological polar surface area (TPSA) is 243 Å². The number of primary amides is 1. The van der Waals surface area contributed by atoms with Crippen LogP contribution in [0.2, 0.25) is 0 Å². The maximum Gasteiger partial charge on any atom is 0.326 e. The molecule has 0 aliphatic heterocycles. The van der Waals surface area contributed by atoms with Gasteiger partial charge in [-0.25, -0.2) is 9.78 Å². The van der Waals surface area contributed by atoms with Crippen LogP contribution in [-0.4, -0.2) is 85.8 Å². The van der Waals surface area contributed by atoms with E-state index in [1.165, 1.54) is 19.4 Å². The van der Waals surface area contributed by atoms with Crippen LogP contribution in [0.4, 0.5) is 0 Å². The molecular formula is C18H29N7O7S. The number of nitrogens with two attached hydrogens (primary N) is 2. The molecule has 184 valence electrons. The van der Waals surface area contributed by atoms with E-state index >= 15 is 0 Å². The van der Waals surface area contributed by atoms with E-state index in [1.54, 1.807) is 0 Å². The maximum absolute atomic E-state index is 12.8. The van der Waals surface area contributed by atoms with E-state index in [2.05, 4.69) is 38.5 Å². The number of carboxylic acids is 1. The molecule has 10 N–H and O–H groups in total. The van der Waals surface area contributed by atoms with Gasteiger partial charge in [0.05, 0.1) is 12.4 Å². The van der Waals surface area contributed by atoms with Crippen LogP contribution in [0.5, 0.6) is 0 Å². The Morgan fingerprint density at radius 2 is 1.67 bits per heavy atom. The summed E-state index contributed by atoms with van der Waals surface area (Å²) in [5.41, 5.74) is 11.1. The highest BCUT2D eigenvalue weighted by Crippen LogP contribution is 2.04. The maximum atomic E-state index is 12.8. The van der Waals surface area contributed by atoms with Crippen molar-refractivity contribution >= 4 is 42.2 Å². The molecule has 0 spiro atoms. The Bertz CT molecular complexity index is 834. The first-order valence-corrected chi connectivity index (χ1v) is 10.5. The van der Waals surface area contributed by atoms with Crippen LogP contribution in [0.3, 0.4) is 0 Å². The van der Waals surface area contributed by atoms with Gasteiger partial charge in [-0.15, -0.1) is 0 Å². The minimum absolute atomic E-state index is 0.0832. The monoisotopic (exact) mass is 487 g/mol. The number of hydrogen-bond donors (Lipinski definition) is 9. The average molecular weight is 488 g/mol. The van der Waals surface area contributed by atoms with E-state index in [9.17, 15) is 34.2 Å². The highest BCUT2D eigenvalue weighted by atomic mass is 32.1. The zero-order valence-electron chi connectivity index (χ0n) is 17.9. The molecule has 0 bridgehead atoms. The van der Waals surface area contributed by atoms with E-state index in [0.29, 0.717) is 5.69 Å². The van der Waals surface area contributed by atoms with Gasteiger partial charge in [0.1, 0.15) is 24.2 Å². The van der Waals surface area contributed by atoms with Gasteiger partial charge in [-0.05, 0) is 13.3 Å². The van der Waals surface area contributed by atoms with Crippen LogP contribution < -0.4 is 27.4 Å². The lowest BCUT2D eigenvalue weighted by atomic mass is 10.1. The van der Waals surface area contributed by atoms with Gasteiger partial charge >= 0.3 is 5.97 Å². The number of amides is 4. The first-order chi connectivity index (χ1) is 15.5. The summed E-state index contributed by atoms with van der Waals surface area (Å²) in [6.07, 6.45) is 1.00. The molecule has 0 radical (unpaired) electrons. The van der Waals surface area contributed by atoms with Crippen LogP contribution >= 0.6 is 12.6 Å². The molecule has 5 unspecified atom stereocenters. The summed E-state index contributed by atoms with van der Waals surface area (Å²) < 4.78 is 0. The lowest BCUT2D eigenvalue weighted by molar-refractivity contribution is -0.142. The van der Waals surface area contributed by atoms with E-state index in [1.807, 2.05) is 0 Å². The molecule has 0 fully saturated rings. The van der Waals surface area contributed by atoms with Gasteiger partial charge < -0.3 is 42.6 Å². The number of aromatic amines is 1. The average Bonchev–Trinajstić information content (AvgIpc) is 3.25. The summed E-state index contributed by atoms with van der Waals surface area (Å²) in [6, 6.07) is -5.17. The molecule has 1 rings (SSSR count). The molecule has 0 aromatic carbocycles. The van der Waals surface area contributed by atoms with Crippen LogP contribution in [0.15, 0.2) is 12.5 Å².